The Hall–Kier alpha value is -3.11. The summed E-state index contributed by atoms with van der Waals surface area (Å²) in [6.45, 7) is 5.35. The van der Waals surface area contributed by atoms with E-state index >= 15 is 0 Å². The summed E-state index contributed by atoms with van der Waals surface area (Å²) in [4.78, 5) is 24.6. The number of hydrogen-bond donors (Lipinski definition) is 1. The predicted octanol–water partition coefficient (Wildman–Crippen LogP) is 3.67. The van der Waals surface area contributed by atoms with Crippen molar-refractivity contribution < 1.29 is 13.9 Å². The lowest BCUT2D eigenvalue weighted by molar-refractivity contribution is -0.118. The van der Waals surface area contributed by atoms with Crippen LogP contribution < -0.4 is 15.7 Å². The molecule has 26 heavy (non-hydrogen) atoms. The van der Waals surface area contributed by atoms with E-state index < -0.39 is 5.63 Å². The molecule has 6 nitrogen and oxygen atoms in total. The molecule has 1 amide bonds. The molecule has 0 atom stereocenters. The summed E-state index contributed by atoms with van der Waals surface area (Å²) < 4.78 is 10.6. The van der Waals surface area contributed by atoms with Crippen LogP contribution in [-0.4, -0.2) is 12.5 Å². The minimum Gasteiger partial charge on any atom is -0.484 e. The van der Waals surface area contributed by atoms with Gasteiger partial charge in [-0.05, 0) is 44.0 Å². The molecule has 0 aliphatic carbocycles. The van der Waals surface area contributed by atoms with Gasteiger partial charge >= 0.3 is 5.63 Å². The van der Waals surface area contributed by atoms with Gasteiger partial charge in [0.2, 0.25) is 0 Å². The van der Waals surface area contributed by atoms with Crippen molar-refractivity contribution in [1.29, 1.82) is 5.26 Å². The number of carbonyl (C=O) groups excluding carboxylic acids is 1. The van der Waals surface area contributed by atoms with Crippen LogP contribution in [0.5, 0.6) is 5.75 Å². The standard InChI is InChI=1S/C19H16N2O4S/c1-10-6-18(23)25-16-7-13(4-5-14(10)16)24-9-17(22)21-19-15(8-20)11(2)12(3)26-19/h4-7H,9H2,1-3H3,(H,21,22). The van der Waals surface area contributed by atoms with Gasteiger partial charge in [0.05, 0.1) is 5.56 Å². The summed E-state index contributed by atoms with van der Waals surface area (Å²) in [5, 5.41) is 13.3. The molecule has 132 valence electrons. The number of ether oxygens (including phenoxy) is 1. The van der Waals surface area contributed by atoms with Gasteiger partial charge in [0.1, 0.15) is 22.4 Å². The summed E-state index contributed by atoms with van der Waals surface area (Å²) in [6.07, 6.45) is 0. The first-order valence-electron chi connectivity index (χ1n) is 7.86. The number of fused-ring (bicyclic) bond motifs is 1. The number of amides is 1. The largest absolute Gasteiger partial charge is 0.484 e. The van der Waals surface area contributed by atoms with Crippen molar-refractivity contribution >= 4 is 33.2 Å². The molecule has 3 aromatic rings. The molecule has 1 N–H and O–H groups in total. The fourth-order valence-corrected chi connectivity index (χ4v) is 3.58. The van der Waals surface area contributed by atoms with E-state index in [2.05, 4.69) is 11.4 Å². The molecule has 0 saturated carbocycles. The van der Waals surface area contributed by atoms with E-state index in [1.807, 2.05) is 20.8 Å². The van der Waals surface area contributed by atoms with Crippen molar-refractivity contribution in [3.05, 3.63) is 56.3 Å². The summed E-state index contributed by atoms with van der Waals surface area (Å²) >= 11 is 1.36. The molecule has 2 aromatic heterocycles. The van der Waals surface area contributed by atoms with Crippen LogP contribution in [0, 0.1) is 32.1 Å². The quantitative estimate of drug-likeness (QED) is 0.709. The van der Waals surface area contributed by atoms with Gasteiger partial charge in [0, 0.05) is 22.4 Å². The number of nitrogens with one attached hydrogen (secondary N) is 1. The average molecular weight is 368 g/mol. The summed E-state index contributed by atoms with van der Waals surface area (Å²) in [5.74, 6) is 0.0500. The van der Waals surface area contributed by atoms with E-state index in [0.717, 1.165) is 21.4 Å². The molecule has 0 fully saturated rings. The smallest absolute Gasteiger partial charge is 0.336 e. The zero-order valence-corrected chi connectivity index (χ0v) is 15.3. The maximum Gasteiger partial charge on any atom is 0.336 e. The molecule has 0 radical (unpaired) electrons. The van der Waals surface area contributed by atoms with E-state index in [4.69, 9.17) is 9.15 Å². The van der Waals surface area contributed by atoms with E-state index in [-0.39, 0.29) is 12.5 Å². The van der Waals surface area contributed by atoms with Crippen molar-refractivity contribution in [3.63, 3.8) is 0 Å². The van der Waals surface area contributed by atoms with Crippen molar-refractivity contribution in [2.75, 3.05) is 11.9 Å². The molecule has 2 heterocycles. The van der Waals surface area contributed by atoms with Crippen LogP contribution in [0.2, 0.25) is 0 Å². The van der Waals surface area contributed by atoms with Crippen molar-refractivity contribution in [2.24, 2.45) is 0 Å². The van der Waals surface area contributed by atoms with Gasteiger partial charge in [0.25, 0.3) is 5.91 Å². The second kappa shape index (κ2) is 7.02. The maximum atomic E-state index is 12.1. The van der Waals surface area contributed by atoms with Gasteiger partial charge in [-0.25, -0.2) is 4.79 Å². The van der Waals surface area contributed by atoms with Crippen LogP contribution in [0.3, 0.4) is 0 Å². The second-order valence-electron chi connectivity index (χ2n) is 5.84. The monoisotopic (exact) mass is 368 g/mol. The first-order valence-corrected chi connectivity index (χ1v) is 8.68. The zero-order valence-electron chi connectivity index (χ0n) is 14.5. The van der Waals surface area contributed by atoms with E-state index in [1.54, 1.807) is 18.2 Å². The van der Waals surface area contributed by atoms with Crippen LogP contribution >= 0.6 is 11.3 Å². The highest BCUT2D eigenvalue weighted by Gasteiger charge is 2.15. The average Bonchev–Trinajstić information content (AvgIpc) is 2.85. The van der Waals surface area contributed by atoms with Gasteiger partial charge in [-0.3, -0.25) is 4.79 Å². The van der Waals surface area contributed by atoms with Crippen molar-refractivity contribution in [1.82, 2.24) is 0 Å². The molecule has 0 unspecified atom stereocenters. The Morgan fingerprint density at radius 3 is 2.81 bits per heavy atom. The van der Waals surface area contributed by atoms with Crippen LogP contribution in [-0.2, 0) is 4.79 Å². The molecule has 1 aromatic carbocycles. The molecule has 3 rings (SSSR count). The highest BCUT2D eigenvalue weighted by atomic mass is 32.1. The number of aryl methyl sites for hydroxylation is 2. The molecule has 0 spiro atoms. The van der Waals surface area contributed by atoms with Gasteiger partial charge in [-0.1, -0.05) is 0 Å². The van der Waals surface area contributed by atoms with Crippen molar-refractivity contribution in [3.8, 4) is 11.8 Å². The van der Waals surface area contributed by atoms with Crippen molar-refractivity contribution in [2.45, 2.75) is 20.8 Å². The summed E-state index contributed by atoms with van der Waals surface area (Å²) in [5.41, 5.74) is 2.13. The number of nitrogens with zero attached hydrogens (tertiary/aromatic N) is 1. The highest BCUT2D eigenvalue weighted by Crippen LogP contribution is 2.31. The second-order valence-corrected chi connectivity index (χ2v) is 7.07. The normalized spacial score (nSPS) is 10.5. The van der Waals surface area contributed by atoms with E-state index in [9.17, 15) is 14.9 Å². The van der Waals surface area contributed by atoms with Crippen LogP contribution in [0.15, 0.2) is 33.5 Å². The summed E-state index contributed by atoms with van der Waals surface area (Å²) in [6, 6.07) is 8.60. The maximum absolute atomic E-state index is 12.1. The van der Waals surface area contributed by atoms with Crippen LogP contribution in [0.1, 0.15) is 21.6 Å². The van der Waals surface area contributed by atoms with E-state index in [0.29, 0.717) is 21.9 Å². The molecule has 0 aliphatic rings. The SMILES string of the molecule is Cc1sc(NC(=O)COc2ccc3c(C)cc(=O)oc3c2)c(C#N)c1C. The number of benzene rings is 1. The minimum absolute atomic E-state index is 0.220. The number of rotatable bonds is 4. The third kappa shape index (κ3) is 3.46. The lowest BCUT2D eigenvalue weighted by atomic mass is 10.1. The van der Waals surface area contributed by atoms with E-state index in [1.165, 1.54) is 17.4 Å². The molecule has 7 heteroatoms. The number of thiophene rings is 1. The Morgan fingerprint density at radius 1 is 1.31 bits per heavy atom. The third-order valence-corrected chi connectivity index (χ3v) is 5.17. The van der Waals surface area contributed by atoms with Gasteiger partial charge in [-0.2, -0.15) is 5.26 Å². The predicted molar refractivity (Wildman–Crippen MR) is 99.9 cm³/mol. The topological polar surface area (TPSA) is 92.3 Å². The fourth-order valence-electron chi connectivity index (χ4n) is 2.56. The van der Waals surface area contributed by atoms with Crippen LogP contribution in [0.25, 0.3) is 11.0 Å². The third-order valence-electron chi connectivity index (χ3n) is 4.04. The highest BCUT2D eigenvalue weighted by molar-refractivity contribution is 7.16. The lowest BCUT2D eigenvalue weighted by Gasteiger charge is -2.08. The zero-order chi connectivity index (χ0) is 18.8. The molecular weight excluding hydrogens is 352 g/mol. The number of anilines is 1. The first-order chi connectivity index (χ1) is 12.4. The summed E-state index contributed by atoms with van der Waals surface area (Å²) in [7, 11) is 0. The van der Waals surface area contributed by atoms with Crippen LogP contribution in [0.4, 0.5) is 5.00 Å². The molecule has 0 saturated heterocycles. The Bertz CT molecular complexity index is 1110. The van der Waals surface area contributed by atoms with Gasteiger partial charge in [-0.15, -0.1) is 11.3 Å². The van der Waals surface area contributed by atoms with Gasteiger partial charge in [0.15, 0.2) is 6.61 Å². The molecule has 0 bridgehead atoms. The fraction of sp³-hybridized carbons (Fsp3) is 0.211. The number of hydrogen-bond acceptors (Lipinski definition) is 6. The Morgan fingerprint density at radius 2 is 2.08 bits per heavy atom. The Balaban J connectivity index is 1.72. The Labute approximate surface area is 153 Å². The van der Waals surface area contributed by atoms with Gasteiger partial charge < -0.3 is 14.5 Å². The molecule has 0 aliphatic heterocycles. The first kappa shape index (κ1) is 17.7. The Kier molecular flexibility index (Phi) is 4.78. The lowest BCUT2D eigenvalue weighted by Crippen LogP contribution is -2.20. The minimum atomic E-state index is -0.433. The number of nitriles is 1. The molecular formula is C19H16N2O4S. The number of carbonyl (C=O) groups is 1.